The molecule has 5 heterocycles. The van der Waals surface area contributed by atoms with E-state index in [1.165, 1.54) is 29.8 Å². The van der Waals surface area contributed by atoms with Crippen LogP contribution < -0.4 is 23.7 Å². The first-order chi connectivity index (χ1) is 30.9. The van der Waals surface area contributed by atoms with Gasteiger partial charge in [-0.3, -0.25) is 4.21 Å². The molecular formula is C46H40ClFN5O9S2-. The van der Waals surface area contributed by atoms with Crippen LogP contribution in [0.5, 0.6) is 28.9 Å². The third kappa shape index (κ3) is 9.93. The molecular weight excluding hydrogens is 885 g/mol. The molecule has 14 nitrogen and oxygen atoms in total. The molecule has 7 aromatic rings. The molecule has 0 aliphatic carbocycles. The Hall–Kier alpha value is -6.24. The Labute approximate surface area is 378 Å². The van der Waals surface area contributed by atoms with Crippen molar-refractivity contribution in [1.82, 2.24) is 24.8 Å². The molecule has 0 saturated carbocycles. The Morgan fingerprint density at radius 3 is 2.62 bits per heavy atom. The van der Waals surface area contributed by atoms with Crippen molar-refractivity contribution in [3.63, 3.8) is 0 Å². The van der Waals surface area contributed by atoms with Gasteiger partial charge in [-0.15, -0.1) is 11.3 Å². The molecule has 64 heavy (non-hydrogen) atoms. The predicted octanol–water partition coefficient (Wildman–Crippen LogP) is 8.20. The van der Waals surface area contributed by atoms with Crippen LogP contribution in [0.2, 0.25) is 5.02 Å². The summed E-state index contributed by atoms with van der Waals surface area (Å²) < 4.78 is 68.3. The van der Waals surface area contributed by atoms with Gasteiger partial charge in [0.1, 0.15) is 59.3 Å². The molecule has 4 aromatic carbocycles. The first-order valence-corrected chi connectivity index (χ1v) is 22.4. The van der Waals surface area contributed by atoms with E-state index in [1.54, 1.807) is 62.8 Å². The normalized spacial score (nSPS) is 15.5. The van der Waals surface area contributed by atoms with Gasteiger partial charge in [0.15, 0.2) is 5.82 Å². The molecule has 2 aliphatic heterocycles. The molecule has 18 heteroatoms. The van der Waals surface area contributed by atoms with E-state index < -0.39 is 35.1 Å². The van der Waals surface area contributed by atoms with Crippen molar-refractivity contribution >= 4 is 50.2 Å². The number of aromatic nitrogens is 4. The van der Waals surface area contributed by atoms with Gasteiger partial charge >= 0.3 is 5.97 Å². The molecule has 4 bridgehead atoms. The minimum absolute atomic E-state index is 0.00115. The van der Waals surface area contributed by atoms with E-state index >= 15 is 0 Å². The van der Waals surface area contributed by atoms with E-state index in [9.17, 15) is 23.1 Å². The molecule has 0 radical (unpaired) electrons. The molecule has 2 aliphatic rings. The van der Waals surface area contributed by atoms with Crippen LogP contribution in [0.25, 0.3) is 43.2 Å². The van der Waals surface area contributed by atoms with Crippen molar-refractivity contribution in [3.8, 4) is 61.8 Å². The standard InChI is InChI=1S/C46H41ClFN5O9S2/c1-26-33-13-15-37(41(26)47)61-32(22-53(2)18-19-64(56)57)24-59-31-12-14-35(60-23-30-16-17-49-43(52-30)34-6-4-5-7-36(34)58-3)28(20-31)21-38(46(54)55)62-44-40-39(33)42(63-45(40)51-25-50-44)27-8-10-29(48)11-9-27/h4-17,20,25,32,38H,18-19,21-24H2,1-3H3,(H,54,55)(H,56,57)/p-1/t32-,38-/m1/s1. The summed E-state index contributed by atoms with van der Waals surface area (Å²) in [4.78, 5) is 34.4. The van der Waals surface area contributed by atoms with Gasteiger partial charge in [-0.25, -0.2) is 29.1 Å². The van der Waals surface area contributed by atoms with Gasteiger partial charge in [0, 0.05) is 47.5 Å². The van der Waals surface area contributed by atoms with E-state index in [0.29, 0.717) is 88.0 Å². The van der Waals surface area contributed by atoms with Gasteiger partial charge in [-0.05, 0) is 85.3 Å². The fraction of sp³-hybridized carbons (Fsp3) is 0.239. The molecule has 1 unspecified atom stereocenters. The lowest BCUT2D eigenvalue weighted by Crippen LogP contribution is -2.39. The molecule has 0 spiro atoms. The van der Waals surface area contributed by atoms with Crippen LogP contribution >= 0.6 is 22.9 Å². The van der Waals surface area contributed by atoms with Gasteiger partial charge in [-0.1, -0.05) is 53.0 Å². The number of likely N-dealkylation sites (N-methyl/N-ethyl adjacent to an activating group) is 1. The molecule has 3 atom stereocenters. The SMILES string of the molecule is COc1ccccc1-c1nccc(COc2ccc3cc2C[C@H](C(=O)O)Oc2ncnc4sc(-c5ccc(F)cc5)c(c24)-c2ccc(c(Cl)c2C)O[C@H](CN(C)CCS(=O)[O-])CO3)n1. The predicted molar refractivity (Wildman–Crippen MR) is 240 cm³/mol. The molecule has 3 aromatic heterocycles. The number of carboxylic acids is 1. The van der Waals surface area contributed by atoms with Crippen LogP contribution in [0.15, 0.2) is 97.5 Å². The Morgan fingerprint density at radius 1 is 1.03 bits per heavy atom. The van der Waals surface area contributed by atoms with Crippen molar-refractivity contribution < 1.29 is 46.7 Å². The third-order valence-corrected chi connectivity index (χ3v) is 12.6. The number of rotatable bonds is 12. The van der Waals surface area contributed by atoms with E-state index in [1.807, 2.05) is 42.2 Å². The molecule has 9 rings (SSSR count). The van der Waals surface area contributed by atoms with Gasteiger partial charge < -0.3 is 38.2 Å². The molecule has 1 N–H and O–H groups in total. The summed E-state index contributed by atoms with van der Waals surface area (Å²) in [7, 11) is 3.35. The monoisotopic (exact) mass is 924 g/mol. The highest BCUT2D eigenvalue weighted by Crippen LogP contribution is 2.49. The molecule has 0 amide bonds. The van der Waals surface area contributed by atoms with Gasteiger partial charge in [-0.2, -0.15) is 0 Å². The number of nitrogens with zero attached hydrogens (tertiary/aromatic N) is 5. The summed E-state index contributed by atoms with van der Waals surface area (Å²) in [5.41, 5.74) is 4.25. The summed E-state index contributed by atoms with van der Waals surface area (Å²) >= 11 is 6.20. The average Bonchev–Trinajstić information content (AvgIpc) is 3.68. The maximum absolute atomic E-state index is 14.2. The summed E-state index contributed by atoms with van der Waals surface area (Å²) in [5, 5.41) is 11.5. The maximum Gasteiger partial charge on any atom is 0.345 e. The van der Waals surface area contributed by atoms with E-state index in [0.717, 1.165) is 0 Å². The largest absolute Gasteiger partial charge is 0.772 e. The summed E-state index contributed by atoms with van der Waals surface area (Å²) in [6, 6.07) is 23.7. The number of hydrogen-bond acceptors (Lipinski definition) is 14. The fourth-order valence-corrected chi connectivity index (χ4v) is 9.11. The van der Waals surface area contributed by atoms with Crippen molar-refractivity contribution in [2.75, 3.05) is 39.6 Å². The highest BCUT2D eigenvalue weighted by atomic mass is 35.5. The Balaban J connectivity index is 1.22. The van der Waals surface area contributed by atoms with Crippen LogP contribution in [0.3, 0.4) is 0 Å². The average molecular weight is 925 g/mol. The summed E-state index contributed by atoms with van der Waals surface area (Å²) in [6.45, 7) is 2.32. The Bertz CT molecular complexity index is 2850. The van der Waals surface area contributed by atoms with Crippen LogP contribution in [0.1, 0.15) is 16.8 Å². The van der Waals surface area contributed by atoms with Crippen molar-refractivity contribution in [1.29, 1.82) is 0 Å². The van der Waals surface area contributed by atoms with E-state index in [2.05, 4.69) is 15.0 Å². The minimum Gasteiger partial charge on any atom is -0.772 e. The molecule has 0 fully saturated rings. The van der Waals surface area contributed by atoms with E-state index in [4.69, 9.17) is 40.3 Å². The van der Waals surface area contributed by atoms with Crippen molar-refractivity contribution in [3.05, 3.63) is 125 Å². The lowest BCUT2D eigenvalue weighted by atomic mass is 9.96. The number of para-hydroxylation sites is 1. The quantitative estimate of drug-likeness (QED) is 0.116. The van der Waals surface area contributed by atoms with Crippen LogP contribution in [0.4, 0.5) is 4.39 Å². The zero-order valence-corrected chi connectivity index (χ0v) is 37.0. The minimum atomic E-state index is -2.25. The number of fused-ring (bicyclic) bond motifs is 7. The maximum atomic E-state index is 14.2. The topological polar surface area (TPSA) is 178 Å². The lowest BCUT2D eigenvalue weighted by Gasteiger charge is -2.26. The van der Waals surface area contributed by atoms with Crippen LogP contribution in [-0.2, 0) is 28.9 Å². The number of ether oxygens (including phenoxy) is 5. The third-order valence-electron chi connectivity index (χ3n) is 10.5. The van der Waals surface area contributed by atoms with Gasteiger partial charge in [0.2, 0.25) is 12.0 Å². The number of carbonyl (C=O) groups is 1. The smallest absolute Gasteiger partial charge is 0.345 e. The first-order valence-electron chi connectivity index (χ1n) is 19.9. The summed E-state index contributed by atoms with van der Waals surface area (Å²) in [5.74, 6) is 0.370. The Morgan fingerprint density at radius 2 is 1.84 bits per heavy atom. The Kier molecular flexibility index (Phi) is 13.6. The number of hydrogen-bond donors (Lipinski definition) is 1. The number of carboxylic acid groups (broad SMARTS) is 1. The number of methoxy groups -OCH3 is 1. The highest BCUT2D eigenvalue weighted by molar-refractivity contribution is 7.79. The first kappa shape index (κ1) is 44.4. The zero-order chi connectivity index (χ0) is 44.9. The second kappa shape index (κ2) is 19.7. The van der Waals surface area contributed by atoms with Crippen molar-refractivity contribution in [2.45, 2.75) is 32.2 Å². The second-order valence-electron chi connectivity index (χ2n) is 14.8. The van der Waals surface area contributed by atoms with Crippen LogP contribution in [-0.4, -0.2) is 96.5 Å². The van der Waals surface area contributed by atoms with Crippen LogP contribution in [0, 0.1) is 12.7 Å². The van der Waals surface area contributed by atoms with Gasteiger partial charge in [0.05, 0.1) is 28.8 Å². The number of benzene rings is 4. The number of aliphatic carboxylic acids is 1. The highest BCUT2D eigenvalue weighted by Gasteiger charge is 2.29. The fourth-order valence-electron chi connectivity index (χ4n) is 7.29. The second-order valence-corrected chi connectivity index (χ2v) is 17.2. The number of thiophene rings is 1. The van der Waals surface area contributed by atoms with E-state index in [-0.39, 0.29) is 44.4 Å². The molecule has 0 saturated heterocycles. The molecule has 330 valence electrons. The lowest BCUT2D eigenvalue weighted by molar-refractivity contribution is -0.145. The van der Waals surface area contributed by atoms with Gasteiger partial charge in [0.25, 0.3) is 0 Å². The zero-order valence-electron chi connectivity index (χ0n) is 34.7. The van der Waals surface area contributed by atoms with Crippen molar-refractivity contribution in [2.24, 2.45) is 0 Å². The number of halogens is 2. The summed E-state index contributed by atoms with van der Waals surface area (Å²) in [6.07, 6.45) is 0.582.